The molecule has 0 saturated heterocycles. The van der Waals surface area contributed by atoms with Gasteiger partial charge in [-0.3, -0.25) is 9.59 Å². The smallest absolute Gasteiger partial charge is 0.187 e. The summed E-state index contributed by atoms with van der Waals surface area (Å²) >= 11 is 0. The number of ketones is 2. The maximum Gasteiger partial charge on any atom is 0.187 e. The summed E-state index contributed by atoms with van der Waals surface area (Å²) in [6.07, 6.45) is 39.4. The molecule has 59 heavy (non-hydrogen) atoms. The fourth-order valence-corrected chi connectivity index (χ4v) is 6.65. The number of hydrogen-bond donors (Lipinski definition) is 2. The number of Topliss-reactive ketones (excluding diaryl/α,β-unsaturated/α-hetero) is 2. The molecule has 0 unspecified atom stereocenters. The third-order valence-corrected chi connectivity index (χ3v) is 11.3. The zero-order valence-corrected chi connectivity index (χ0v) is 40.0. The molecule has 0 aromatic rings. The minimum Gasteiger partial charge on any atom is -0.392 e. The Morgan fingerprint density at radius 1 is 0.407 bits per heavy atom. The first-order valence-electron chi connectivity index (χ1n) is 22.6. The molecule has 0 spiro atoms. The first kappa shape index (κ1) is 55.4. The van der Waals surface area contributed by atoms with Gasteiger partial charge >= 0.3 is 0 Å². The fraction of sp³-hybridized carbons (Fsp3) is 0.564. The summed E-state index contributed by atoms with van der Waals surface area (Å²) in [4.78, 5) is 23.1. The molecule has 0 saturated carbocycles. The normalized spacial score (nSPS) is 15.7. The summed E-state index contributed by atoms with van der Waals surface area (Å²) in [5.41, 5.74) is 14.2. The Bertz CT molecular complexity index is 1620. The van der Waals surface area contributed by atoms with E-state index in [0.29, 0.717) is 11.1 Å². The molecule has 330 valence electrons. The van der Waals surface area contributed by atoms with Gasteiger partial charge in [-0.05, 0) is 185 Å². The Morgan fingerprint density at radius 3 is 0.797 bits per heavy atom. The number of hydrogen-bond acceptors (Lipinski definition) is 4. The van der Waals surface area contributed by atoms with Gasteiger partial charge in [-0.2, -0.15) is 0 Å². The average molecular weight is 811 g/mol. The molecule has 4 heteroatoms. The van der Waals surface area contributed by atoms with Crippen LogP contribution in [-0.4, -0.2) is 35.0 Å². The average Bonchev–Trinajstić information content (AvgIpc) is 3.18. The molecule has 4 nitrogen and oxygen atoms in total. The topological polar surface area (TPSA) is 74.6 Å². The maximum atomic E-state index is 11.5. The lowest BCUT2D eigenvalue weighted by atomic mass is 9.86. The van der Waals surface area contributed by atoms with Crippen LogP contribution < -0.4 is 0 Å². The van der Waals surface area contributed by atoms with Crippen molar-refractivity contribution >= 4 is 11.6 Å². The molecule has 0 aromatic carbocycles. The third kappa shape index (κ3) is 27.0. The van der Waals surface area contributed by atoms with E-state index >= 15 is 0 Å². The van der Waals surface area contributed by atoms with Crippen molar-refractivity contribution in [1.29, 1.82) is 0 Å². The van der Waals surface area contributed by atoms with Crippen LogP contribution in [0.2, 0.25) is 0 Å². The summed E-state index contributed by atoms with van der Waals surface area (Å²) < 4.78 is 0. The van der Waals surface area contributed by atoms with Crippen LogP contribution >= 0.6 is 0 Å². The Morgan fingerprint density at radius 2 is 0.610 bits per heavy atom. The fourth-order valence-electron chi connectivity index (χ4n) is 6.65. The van der Waals surface area contributed by atoms with Crippen LogP contribution in [0.5, 0.6) is 0 Å². The number of aliphatic hydroxyl groups excluding tert-OH is 2. The van der Waals surface area contributed by atoms with Crippen molar-refractivity contribution in [2.24, 2.45) is 0 Å². The number of carbonyl (C=O) groups is 2. The molecule has 0 bridgehead atoms. The SMILES string of the molecule is C=C(C)CC/C=C(\C)CC/C=C(\C)CC/C=C(\C)CC/C=C(\C)CC/C=C(\C)CC/C=C(\C)CC/C=C(\C)CC/C=C(\C)CC.CC1=C(C)C(=O)C(CO)=C(CO)C1=O. The summed E-state index contributed by atoms with van der Waals surface area (Å²) in [5, 5.41) is 17.8. The molecule has 0 heterocycles. The molecule has 1 aliphatic rings. The van der Waals surface area contributed by atoms with Crippen molar-refractivity contribution in [1.82, 2.24) is 0 Å². The highest BCUT2D eigenvalue weighted by Gasteiger charge is 2.29. The number of aliphatic hydroxyl groups is 2. The van der Waals surface area contributed by atoms with Crippen LogP contribution in [0.1, 0.15) is 192 Å². The second kappa shape index (κ2) is 33.2. The molecule has 0 aromatic heterocycles. The van der Waals surface area contributed by atoms with E-state index in [4.69, 9.17) is 10.2 Å². The van der Waals surface area contributed by atoms with Crippen LogP contribution in [0.4, 0.5) is 0 Å². The predicted octanol–water partition coefficient (Wildman–Crippen LogP) is 15.5. The van der Waals surface area contributed by atoms with E-state index in [1.165, 1.54) is 121 Å². The Kier molecular flexibility index (Phi) is 31.1. The van der Waals surface area contributed by atoms with Crippen molar-refractivity contribution < 1.29 is 19.8 Å². The second-order valence-electron chi connectivity index (χ2n) is 17.2. The van der Waals surface area contributed by atoms with Gasteiger partial charge in [0, 0.05) is 22.3 Å². The second-order valence-corrected chi connectivity index (χ2v) is 17.2. The van der Waals surface area contributed by atoms with Gasteiger partial charge in [0.05, 0.1) is 13.2 Å². The summed E-state index contributed by atoms with van der Waals surface area (Å²) in [6.45, 7) is 28.7. The molecule has 0 fully saturated rings. The Balaban J connectivity index is 0.00000200. The van der Waals surface area contributed by atoms with Crippen molar-refractivity contribution in [2.75, 3.05) is 13.2 Å². The molecular formula is C55H86O4. The lowest BCUT2D eigenvalue weighted by Crippen LogP contribution is -2.25. The minimum absolute atomic E-state index is 0.0144. The quantitative estimate of drug-likeness (QED) is 0.0640. The van der Waals surface area contributed by atoms with E-state index in [9.17, 15) is 9.59 Å². The van der Waals surface area contributed by atoms with Crippen molar-refractivity contribution in [3.8, 4) is 0 Å². The van der Waals surface area contributed by atoms with E-state index in [2.05, 4.69) is 124 Å². The predicted molar refractivity (Wildman–Crippen MR) is 259 cm³/mol. The van der Waals surface area contributed by atoms with Crippen LogP contribution in [0, 0.1) is 0 Å². The number of allylic oxidation sites excluding steroid dienone is 19. The van der Waals surface area contributed by atoms with E-state index in [1.54, 1.807) is 13.8 Å². The van der Waals surface area contributed by atoms with Crippen molar-refractivity contribution in [3.63, 3.8) is 0 Å². The van der Waals surface area contributed by atoms with Gasteiger partial charge in [-0.25, -0.2) is 0 Å². The maximum absolute atomic E-state index is 11.5. The van der Waals surface area contributed by atoms with Gasteiger partial charge in [-0.1, -0.05) is 106 Å². The molecule has 0 atom stereocenters. The third-order valence-electron chi connectivity index (χ3n) is 11.3. The number of carbonyl (C=O) groups excluding carboxylic acids is 2. The molecule has 1 aliphatic carbocycles. The zero-order valence-electron chi connectivity index (χ0n) is 40.0. The van der Waals surface area contributed by atoms with Crippen LogP contribution in [0.3, 0.4) is 0 Å². The van der Waals surface area contributed by atoms with Gasteiger partial charge in [0.1, 0.15) is 0 Å². The van der Waals surface area contributed by atoms with Gasteiger partial charge in [0.15, 0.2) is 11.6 Å². The minimum atomic E-state index is -0.509. The van der Waals surface area contributed by atoms with E-state index < -0.39 is 13.2 Å². The first-order chi connectivity index (χ1) is 28.0. The standard InChI is InChI=1S/C45H74.C10H12O4/c1-12-38(4)22-14-24-40(6)26-16-28-42(8)30-18-32-44(10)34-20-36-45(11)35-19-33-43(9)31-17-29-41(7)27-15-25-39(5)23-13-21-37(2)3;1-5-6(2)10(14)8(4-12)7(3-11)9(5)13/h22-23,26-27,30-31,34-35H,2,12-21,24-25,28-29,32-33,36H2,1,3-11H3;11-12H,3-4H2,1-2H3/b38-22+,39-23+,40-26+,41-27+,42-30+,43-31+,44-34+,45-35+;. The van der Waals surface area contributed by atoms with E-state index in [1.807, 2.05) is 0 Å². The molecule has 0 aliphatic heterocycles. The van der Waals surface area contributed by atoms with Crippen LogP contribution in [-0.2, 0) is 9.59 Å². The van der Waals surface area contributed by atoms with Crippen LogP contribution in [0.25, 0.3) is 0 Å². The highest BCUT2D eigenvalue weighted by molar-refractivity contribution is 6.25. The first-order valence-corrected chi connectivity index (χ1v) is 22.6. The summed E-state index contributed by atoms with van der Waals surface area (Å²) in [7, 11) is 0. The highest BCUT2D eigenvalue weighted by Crippen LogP contribution is 2.24. The molecule has 2 N–H and O–H groups in total. The van der Waals surface area contributed by atoms with Gasteiger partial charge < -0.3 is 10.2 Å². The van der Waals surface area contributed by atoms with Crippen molar-refractivity contribution in [2.45, 2.75) is 192 Å². The largest absolute Gasteiger partial charge is 0.392 e. The van der Waals surface area contributed by atoms with Gasteiger partial charge in [-0.15, -0.1) is 6.58 Å². The molecule has 0 radical (unpaired) electrons. The van der Waals surface area contributed by atoms with Gasteiger partial charge in [0.2, 0.25) is 0 Å². The summed E-state index contributed by atoms with van der Waals surface area (Å²) in [5.74, 6) is -0.706. The lowest BCUT2D eigenvalue weighted by Gasteiger charge is -2.17. The number of rotatable bonds is 27. The molecular weight excluding hydrogens is 725 g/mol. The zero-order chi connectivity index (χ0) is 44.8. The van der Waals surface area contributed by atoms with E-state index in [0.717, 1.165) is 38.5 Å². The Labute approximate surface area is 363 Å². The van der Waals surface area contributed by atoms with E-state index in [-0.39, 0.29) is 22.7 Å². The monoisotopic (exact) mass is 811 g/mol. The molecule has 1 rings (SSSR count). The lowest BCUT2D eigenvalue weighted by molar-refractivity contribution is -0.117. The summed E-state index contributed by atoms with van der Waals surface area (Å²) in [6, 6.07) is 0. The van der Waals surface area contributed by atoms with Crippen molar-refractivity contribution in [3.05, 3.63) is 128 Å². The van der Waals surface area contributed by atoms with Crippen LogP contribution in [0.15, 0.2) is 128 Å². The Hall–Kier alpha value is -3.60. The molecule has 0 amide bonds. The van der Waals surface area contributed by atoms with Gasteiger partial charge in [0.25, 0.3) is 0 Å². The highest BCUT2D eigenvalue weighted by atomic mass is 16.3.